The third-order valence-corrected chi connectivity index (χ3v) is 4.05. The molecule has 1 aromatic carbocycles. The molecule has 0 unspecified atom stereocenters. The standard InChI is InChI=1S/C15H23N3O3S2/c1-11(2)8-9-16-15(22)18-17-14(19)13-6-4-12(5-7-13)10-23(3,20)21/h4-7,11H,8-10H2,1-3H3,(H,17,19)(H2,16,18,22). The number of thiocarbonyl (C=S) groups is 1. The smallest absolute Gasteiger partial charge is 0.269 e. The van der Waals surface area contributed by atoms with Crippen molar-refractivity contribution in [2.75, 3.05) is 12.8 Å². The Bertz CT molecular complexity index is 640. The van der Waals surface area contributed by atoms with Crippen LogP contribution in [0.2, 0.25) is 0 Å². The summed E-state index contributed by atoms with van der Waals surface area (Å²) in [6, 6.07) is 6.39. The molecule has 23 heavy (non-hydrogen) atoms. The van der Waals surface area contributed by atoms with E-state index in [9.17, 15) is 13.2 Å². The van der Waals surface area contributed by atoms with Crippen molar-refractivity contribution in [1.29, 1.82) is 0 Å². The first kappa shape index (κ1) is 19.4. The number of carbonyl (C=O) groups is 1. The Labute approximate surface area is 142 Å². The molecule has 6 nitrogen and oxygen atoms in total. The molecule has 128 valence electrons. The summed E-state index contributed by atoms with van der Waals surface area (Å²) in [4.78, 5) is 11.9. The first-order chi connectivity index (χ1) is 10.7. The summed E-state index contributed by atoms with van der Waals surface area (Å²) in [5.41, 5.74) is 6.18. The highest BCUT2D eigenvalue weighted by atomic mass is 32.2. The van der Waals surface area contributed by atoms with Gasteiger partial charge in [-0.2, -0.15) is 0 Å². The van der Waals surface area contributed by atoms with E-state index in [1.807, 2.05) is 0 Å². The quantitative estimate of drug-likeness (QED) is 0.527. The second-order valence-corrected chi connectivity index (χ2v) is 8.33. The van der Waals surface area contributed by atoms with Gasteiger partial charge in [-0.15, -0.1) is 0 Å². The normalized spacial score (nSPS) is 11.1. The predicted octanol–water partition coefficient (Wildman–Crippen LogP) is 1.39. The fraction of sp³-hybridized carbons (Fsp3) is 0.467. The lowest BCUT2D eigenvalue weighted by atomic mass is 10.1. The molecule has 0 saturated heterocycles. The highest BCUT2D eigenvalue weighted by molar-refractivity contribution is 7.89. The number of nitrogens with one attached hydrogen (secondary N) is 3. The topological polar surface area (TPSA) is 87.3 Å². The lowest BCUT2D eigenvalue weighted by Gasteiger charge is -2.12. The molecule has 1 amide bonds. The van der Waals surface area contributed by atoms with Crippen molar-refractivity contribution in [1.82, 2.24) is 16.2 Å². The van der Waals surface area contributed by atoms with Crippen molar-refractivity contribution in [2.24, 2.45) is 5.92 Å². The molecule has 0 heterocycles. The maximum Gasteiger partial charge on any atom is 0.269 e. The molecule has 1 rings (SSSR count). The van der Waals surface area contributed by atoms with Gasteiger partial charge in [-0.05, 0) is 42.3 Å². The van der Waals surface area contributed by atoms with E-state index in [0.29, 0.717) is 22.2 Å². The molecule has 0 atom stereocenters. The molecule has 0 aliphatic heterocycles. The molecule has 0 aliphatic rings. The van der Waals surface area contributed by atoms with E-state index in [-0.39, 0.29) is 11.7 Å². The van der Waals surface area contributed by atoms with Gasteiger partial charge in [0.05, 0.1) is 5.75 Å². The SMILES string of the molecule is CC(C)CCNC(=S)NNC(=O)c1ccc(CS(C)(=O)=O)cc1. The Morgan fingerprint density at radius 2 is 1.78 bits per heavy atom. The van der Waals surface area contributed by atoms with Gasteiger partial charge >= 0.3 is 0 Å². The highest BCUT2D eigenvalue weighted by Crippen LogP contribution is 2.07. The van der Waals surface area contributed by atoms with E-state index in [4.69, 9.17) is 12.2 Å². The van der Waals surface area contributed by atoms with Gasteiger partial charge in [0.25, 0.3) is 5.91 Å². The van der Waals surface area contributed by atoms with Gasteiger partial charge < -0.3 is 5.32 Å². The number of benzene rings is 1. The average Bonchev–Trinajstić information content (AvgIpc) is 2.43. The summed E-state index contributed by atoms with van der Waals surface area (Å²) < 4.78 is 22.4. The lowest BCUT2D eigenvalue weighted by Crippen LogP contribution is -2.47. The van der Waals surface area contributed by atoms with Crippen LogP contribution < -0.4 is 16.2 Å². The van der Waals surface area contributed by atoms with Crippen LogP contribution in [0.3, 0.4) is 0 Å². The summed E-state index contributed by atoms with van der Waals surface area (Å²) >= 11 is 5.05. The fourth-order valence-electron chi connectivity index (χ4n) is 1.76. The first-order valence-corrected chi connectivity index (χ1v) is 9.75. The van der Waals surface area contributed by atoms with Crippen molar-refractivity contribution >= 4 is 33.1 Å². The van der Waals surface area contributed by atoms with Crippen molar-refractivity contribution < 1.29 is 13.2 Å². The van der Waals surface area contributed by atoms with Gasteiger partial charge in [0.15, 0.2) is 14.9 Å². The molecule has 0 spiro atoms. The van der Waals surface area contributed by atoms with Gasteiger partial charge in [0.1, 0.15) is 0 Å². The third kappa shape index (κ3) is 8.51. The third-order valence-electron chi connectivity index (χ3n) is 2.94. The Morgan fingerprint density at radius 3 is 2.30 bits per heavy atom. The largest absolute Gasteiger partial charge is 0.361 e. The van der Waals surface area contributed by atoms with Crippen LogP contribution in [-0.4, -0.2) is 32.2 Å². The number of sulfone groups is 1. The van der Waals surface area contributed by atoms with Crippen LogP contribution in [0.1, 0.15) is 36.2 Å². The lowest BCUT2D eigenvalue weighted by molar-refractivity contribution is 0.0943. The second-order valence-electron chi connectivity index (χ2n) is 5.78. The number of hydrazine groups is 1. The molecule has 0 radical (unpaired) electrons. The Kier molecular flexibility index (Phi) is 7.44. The van der Waals surface area contributed by atoms with Crippen molar-refractivity contribution in [3.63, 3.8) is 0 Å². The Hall–Kier alpha value is -1.67. The van der Waals surface area contributed by atoms with Crippen LogP contribution in [0.4, 0.5) is 0 Å². The Morgan fingerprint density at radius 1 is 1.17 bits per heavy atom. The second kappa shape index (κ2) is 8.83. The van der Waals surface area contributed by atoms with Crippen LogP contribution >= 0.6 is 12.2 Å². The van der Waals surface area contributed by atoms with Crippen LogP contribution in [0.15, 0.2) is 24.3 Å². The van der Waals surface area contributed by atoms with E-state index in [1.54, 1.807) is 24.3 Å². The van der Waals surface area contributed by atoms with E-state index >= 15 is 0 Å². The van der Waals surface area contributed by atoms with Crippen molar-refractivity contribution in [2.45, 2.75) is 26.0 Å². The summed E-state index contributed by atoms with van der Waals surface area (Å²) in [6.07, 6.45) is 2.16. The van der Waals surface area contributed by atoms with Crippen LogP contribution in [0.5, 0.6) is 0 Å². The Balaban J connectivity index is 2.44. The number of hydrogen-bond donors (Lipinski definition) is 3. The van der Waals surface area contributed by atoms with E-state index < -0.39 is 9.84 Å². The van der Waals surface area contributed by atoms with Gasteiger partial charge in [0.2, 0.25) is 0 Å². The van der Waals surface area contributed by atoms with E-state index in [1.165, 1.54) is 6.26 Å². The molecular formula is C15H23N3O3S2. The first-order valence-electron chi connectivity index (χ1n) is 7.28. The zero-order valence-electron chi connectivity index (χ0n) is 13.5. The fourth-order valence-corrected chi connectivity index (χ4v) is 2.71. The summed E-state index contributed by atoms with van der Waals surface area (Å²) in [5, 5.41) is 3.35. The maximum absolute atomic E-state index is 11.9. The van der Waals surface area contributed by atoms with Crippen molar-refractivity contribution in [3.8, 4) is 0 Å². The zero-order valence-corrected chi connectivity index (χ0v) is 15.2. The molecule has 3 N–H and O–H groups in total. The highest BCUT2D eigenvalue weighted by Gasteiger charge is 2.08. The predicted molar refractivity (Wildman–Crippen MR) is 95.6 cm³/mol. The minimum absolute atomic E-state index is 0.0446. The number of rotatable bonds is 6. The van der Waals surface area contributed by atoms with Gasteiger partial charge in [0, 0.05) is 18.4 Å². The summed E-state index contributed by atoms with van der Waals surface area (Å²) in [6.45, 7) is 4.97. The van der Waals surface area contributed by atoms with Gasteiger partial charge in [-0.3, -0.25) is 15.6 Å². The van der Waals surface area contributed by atoms with Crippen LogP contribution in [-0.2, 0) is 15.6 Å². The van der Waals surface area contributed by atoms with Crippen molar-refractivity contribution in [3.05, 3.63) is 35.4 Å². The van der Waals surface area contributed by atoms with E-state index in [2.05, 4.69) is 30.0 Å². The zero-order chi connectivity index (χ0) is 17.5. The summed E-state index contributed by atoms with van der Waals surface area (Å²) in [7, 11) is -3.09. The molecule has 1 aromatic rings. The number of carbonyl (C=O) groups excluding carboxylic acids is 1. The molecule has 0 aromatic heterocycles. The molecule has 0 aliphatic carbocycles. The minimum atomic E-state index is -3.09. The average molecular weight is 358 g/mol. The van der Waals surface area contributed by atoms with Gasteiger partial charge in [-0.25, -0.2) is 8.42 Å². The molecule has 0 fully saturated rings. The van der Waals surface area contributed by atoms with Gasteiger partial charge in [-0.1, -0.05) is 26.0 Å². The molecule has 8 heteroatoms. The maximum atomic E-state index is 11.9. The molecule has 0 saturated carbocycles. The number of amides is 1. The van der Waals surface area contributed by atoms with E-state index in [0.717, 1.165) is 13.0 Å². The van der Waals surface area contributed by atoms with Crippen LogP contribution in [0, 0.1) is 5.92 Å². The molecule has 0 bridgehead atoms. The summed E-state index contributed by atoms with van der Waals surface area (Å²) in [5.74, 6) is 0.186. The van der Waals surface area contributed by atoms with Crippen LogP contribution in [0.25, 0.3) is 0 Å². The minimum Gasteiger partial charge on any atom is -0.361 e. The molecular weight excluding hydrogens is 334 g/mol. The number of hydrogen-bond acceptors (Lipinski definition) is 4. The monoisotopic (exact) mass is 357 g/mol.